The fourth-order valence-corrected chi connectivity index (χ4v) is 3.76. The van der Waals surface area contributed by atoms with Gasteiger partial charge in [0.25, 0.3) is 0 Å². The van der Waals surface area contributed by atoms with Crippen molar-refractivity contribution in [1.82, 2.24) is 15.6 Å². The Morgan fingerprint density at radius 3 is 2.42 bits per heavy atom. The quantitative estimate of drug-likeness (QED) is 0.381. The van der Waals surface area contributed by atoms with E-state index in [1.807, 2.05) is 60.8 Å². The molecule has 0 unspecified atom stereocenters. The Bertz CT molecular complexity index is 1010. The Hall–Kier alpha value is -3.23. The average molecular weight is 466 g/mol. The molecule has 33 heavy (non-hydrogen) atoms. The number of benzene rings is 2. The van der Waals surface area contributed by atoms with Crippen LogP contribution in [0.15, 0.2) is 59.4 Å². The van der Waals surface area contributed by atoms with Gasteiger partial charge in [-0.15, -0.1) is 11.3 Å². The lowest BCUT2D eigenvalue weighted by Crippen LogP contribution is -2.48. The van der Waals surface area contributed by atoms with E-state index in [1.165, 1.54) is 11.3 Å². The van der Waals surface area contributed by atoms with E-state index in [0.717, 1.165) is 28.1 Å². The predicted octanol–water partition coefficient (Wildman–Crippen LogP) is 2.79. The summed E-state index contributed by atoms with van der Waals surface area (Å²) >= 11 is 1.45. The normalized spacial score (nSPS) is 11.6. The Morgan fingerprint density at radius 2 is 1.79 bits per heavy atom. The molecule has 173 valence electrons. The van der Waals surface area contributed by atoms with Crippen LogP contribution in [0.5, 0.6) is 5.75 Å². The Labute approximate surface area is 198 Å². The van der Waals surface area contributed by atoms with Crippen LogP contribution < -0.4 is 21.1 Å². The third kappa shape index (κ3) is 8.00. The van der Waals surface area contributed by atoms with Crippen LogP contribution in [0.3, 0.4) is 0 Å². The van der Waals surface area contributed by atoms with Crippen LogP contribution in [-0.2, 0) is 35.5 Å². The summed E-state index contributed by atoms with van der Waals surface area (Å²) in [5, 5.41) is 7.61. The van der Waals surface area contributed by atoms with Gasteiger partial charge in [-0.05, 0) is 42.2 Å². The maximum atomic E-state index is 12.9. The highest BCUT2D eigenvalue weighted by Crippen LogP contribution is 2.13. The number of amides is 2. The standard InChI is InChI=1S/C25H29N4O3S/c1-2-32-22-10-7-18(8-11-22)9-12-24(30)29-23(13-21-16-33-17-28-21)25(31)27-15-20-5-3-19(14-26)4-6-20/h3-8,10-12,16-17,23H,2,9,13-15,26H2,1H3,(H,27,31)(H,29,30)/t23-/m0/s1. The van der Waals surface area contributed by atoms with Gasteiger partial charge in [-0.2, -0.15) is 0 Å². The molecule has 0 aliphatic rings. The summed E-state index contributed by atoms with van der Waals surface area (Å²) in [6, 6.07) is 14.6. The number of hydrogen-bond donors (Lipinski definition) is 3. The number of aromatic nitrogens is 1. The van der Waals surface area contributed by atoms with Crippen LogP contribution in [0.25, 0.3) is 0 Å². The highest BCUT2D eigenvalue weighted by Gasteiger charge is 2.22. The molecule has 0 saturated carbocycles. The number of hydrogen-bond acceptors (Lipinski definition) is 6. The zero-order chi connectivity index (χ0) is 23.5. The highest BCUT2D eigenvalue weighted by molar-refractivity contribution is 7.07. The van der Waals surface area contributed by atoms with Gasteiger partial charge in [0.1, 0.15) is 11.8 Å². The lowest BCUT2D eigenvalue weighted by atomic mass is 10.1. The molecule has 0 aliphatic carbocycles. The molecule has 0 fully saturated rings. The van der Waals surface area contributed by atoms with Gasteiger partial charge in [-0.1, -0.05) is 36.4 Å². The molecule has 0 saturated heterocycles. The SMILES string of the molecule is CCOc1ccc(C[CH]C(=O)N[C@@H](Cc2cscn2)C(=O)NCc2ccc(CN)cc2)cc1. The molecule has 8 heteroatoms. The largest absolute Gasteiger partial charge is 0.494 e. The van der Waals surface area contributed by atoms with Crippen molar-refractivity contribution in [3.05, 3.63) is 88.2 Å². The molecule has 0 bridgehead atoms. The first-order valence-corrected chi connectivity index (χ1v) is 11.8. The minimum absolute atomic E-state index is 0.256. The van der Waals surface area contributed by atoms with E-state index in [4.69, 9.17) is 10.5 Å². The van der Waals surface area contributed by atoms with E-state index in [0.29, 0.717) is 32.5 Å². The summed E-state index contributed by atoms with van der Waals surface area (Å²) in [6.07, 6.45) is 2.32. The number of nitrogens with zero attached hydrogens (tertiary/aromatic N) is 1. The molecule has 1 radical (unpaired) electrons. The Balaban J connectivity index is 1.55. The maximum Gasteiger partial charge on any atom is 0.243 e. The molecule has 1 heterocycles. The average Bonchev–Trinajstić information content (AvgIpc) is 3.35. The molecule has 1 atom stereocenters. The monoisotopic (exact) mass is 465 g/mol. The zero-order valence-electron chi connectivity index (χ0n) is 18.6. The number of rotatable bonds is 12. The van der Waals surface area contributed by atoms with Crippen LogP contribution >= 0.6 is 11.3 Å². The molecule has 0 aliphatic heterocycles. The molecule has 3 aromatic rings. The van der Waals surface area contributed by atoms with Gasteiger partial charge < -0.3 is 21.1 Å². The molecule has 3 rings (SSSR count). The van der Waals surface area contributed by atoms with E-state index >= 15 is 0 Å². The number of thiazole rings is 1. The first-order valence-electron chi connectivity index (χ1n) is 10.9. The highest BCUT2D eigenvalue weighted by atomic mass is 32.1. The number of nitrogens with two attached hydrogens (primary N) is 1. The van der Waals surface area contributed by atoms with Crippen molar-refractivity contribution in [2.45, 2.75) is 38.9 Å². The van der Waals surface area contributed by atoms with E-state index in [2.05, 4.69) is 15.6 Å². The Morgan fingerprint density at radius 1 is 1.09 bits per heavy atom. The van der Waals surface area contributed by atoms with Crippen molar-refractivity contribution in [1.29, 1.82) is 0 Å². The van der Waals surface area contributed by atoms with Gasteiger partial charge in [-0.25, -0.2) is 4.98 Å². The van der Waals surface area contributed by atoms with Crippen LogP contribution in [0.1, 0.15) is 29.3 Å². The van der Waals surface area contributed by atoms with Crippen LogP contribution in [-0.4, -0.2) is 29.4 Å². The number of ether oxygens (including phenoxy) is 1. The minimum Gasteiger partial charge on any atom is -0.494 e. The van der Waals surface area contributed by atoms with Crippen molar-refractivity contribution in [3.63, 3.8) is 0 Å². The molecule has 2 aromatic carbocycles. The lowest BCUT2D eigenvalue weighted by Gasteiger charge is -2.18. The second kappa shape index (κ2) is 12.7. The fourth-order valence-electron chi connectivity index (χ4n) is 3.19. The summed E-state index contributed by atoms with van der Waals surface area (Å²) in [4.78, 5) is 29.7. The Kier molecular flexibility index (Phi) is 9.41. The van der Waals surface area contributed by atoms with E-state index in [9.17, 15) is 9.59 Å². The number of carbonyl (C=O) groups excluding carboxylic acids is 2. The molecule has 2 amide bonds. The maximum absolute atomic E-state index is 12.9. The van der Waals surface area contributed by atoms with E-state index in [1.54, 1.807) is 11.9 Å². The van der Waals surface area contributed by atoms with Crippen molar-refractivity contribution < 1.29 is 14.3 Å². The van der Waals surface area contributed by atoms with Gasteiger partial charge in [0.2, 0.25) is 11.8 Å². The van der Waals surface area contributed by atoms with E-state index in [-0.39, 0.29) is 11.8 Å². The topological polar surface area (TPSA) is 106 Å². The van der Waals surface area contributed by atoms with Crippen molar-refractivity contribution in [2.75, 3.05) is 6.61 Å². The van der Waals surface area contributed by atoms with Crippen molar-refractivity contribution in [2.24, 2.45) is 5.73 Å². The molecule has 1 aromatic heterocycles. The van der Waals surface area contributed by atoms with Gasteiger partial charge >= 0.3 is 0 Å². The lowest BCUT2D eigenvalue weighted by molar-refractivity contribution is -0.127. The first kappa shape index (κ1) is 24.4. The summed E-state index contributed by atoms with van der Waals surface area (Å²) in [5.41, 5.74) is 11.1. The molecule has 0 spiro atoms. The van der Waals surface area contributed by atoms with Crippen molar-refractivity contribution >= 4 is 23.2 Å². The fraction of sp³-hybridized carbons (Fsp3) is 0.280. The van der Waals surface area contributed by atoms with Crippen molar-refractivity contribution in [3.8, 4) is 5.75 Å². The first-order chi connectivity index (χ1) is 16.1. The van der Waals surface area contributed by atoms with Crippen LogP contribution in [0, 0.1) is 6.42 Å². The number of carbonyl (C=O) groups is 2. The molecular weight excluding hydrogens is 436 g/mol. The molecule has 4 N–H and O–H groups in total. The molecule has 7 nitrogen and oxygen atoms in total. The van der Waals surface area contributed by atoms with Gasteiger partial charge in [0.15, 0.2) is 0 Å². The third-order valence-electron chi connectivity index (χ3n) is 5.01. The van der Waals surface area contributed by atoms with Gasteiger partial charge in [-0.3, -0.25) is 9.59 Å². The summed E-state index contributed by atoms with van der Waals surface area (Å²) < 4.78 is 5.44. The number of nitrogens with one attached hydrogen (secondary N) is 2. The second-order valence-corrected chi connectivity index (χ2v) is 8.19. The minimum atomic E-state index is -0.723. The van der Waals surface area contributed by atoms with Crippen LogP contribution in [0.2, 0.25) is 0 Å². The predicted molar refractivity (Wildman–Crippen MR) is 130 cm³/mol. The zero-order valence-corrected chi connectivity index (χ0v) is 19.4. The van der Waals surface area contributed by atoms with Gasteiger partial charge in [0.05, 0.1) is 24.2 Å². The molecular formula is C25H29N4O3S. The van der Waals surface area contributed by atoms with E-state index < -0.39 is 6.04 Å². The summed E-state index contributed by atoms with van der Waals surface area (Å²) in [7, 11) is 0. The second-order valence-electron chi connectivity index (χ2n) is 7.47. The summed E-state index contributed by atoms with van der Waals surface area (Å²) in [5.74, 6) is 0.239. The van der Waals surface area contributed by atoms with Gasteiger partial charge in [0, 0.05) is 24.9 Å². The smallest absolute Gasteiger partial charge is 0.243 e. The third-order valence-corrected chi connectivity index (χ3v) is 5.65. The summed E-state index contributed by atoms with van der Waals surface area (Å²) in [6.45, 7) is 3.38. The van der Waals surface area contributed by atoms with Crippen LogP contribution in [0.4, 0.5) is 0 Å².